The lowest BCUT2D eigenvalue weighted by atomic mass is 10.1. The lowest BCUT2D eigenvalue weighted by Gasteiger charge is -2.18. The van der Waals surface area contributed by atoms with Crippen molar-refractivity contribution in [3.05, 3.63) is 48.6 Å². The maximum Gasteiger partial charge on any atom is 0.306 e. The third-order valence-electron chi connectivity index (χ3n) is 12.3. The first-order chi connectivity index (χ1) is 32.0. The standard InChI is InChI=1S/C59H106O6/c1-4-7-10-13-16-19-22-25-27-29-30-31-33-34-37-40-43-46-49-52-58(61)64-55-56(54-63-57(60)51-48-45-42-39-36-24-21-18-15-12-9-6-3)65-59(62)53-50-47-44-41-38-35-32-28-26-23-20-17-14-11-8-5-2/h16,18-19,21,25,27-28,32,56H,4-15,17,20,22-24,26,29-31,33-55H2,1-3H3/b19-16-,21-18-,27-25-,32-28-/t56-/m1/s1. The Balaban J connectivity index is 4.35. The molecule has 65 heavy (non-hydrogen) atoms. The Morgan fingerprint density at radius 3 is 0.892 bits per heavy atom. The van der Waals surface area contributed by atoms with Gasteiger partial charge in [-0.25, -0.2) is 0 Å². The Labute approximate surface area is 403 Å². The van der Waals surface area contributed by atoms with Gasteiger partial charge in [-0.3, -0.25) is 14.4 Å². The predicted molar refractivity (Wildman–Crippen MR) is 279 cm³/mol. The molecule has 0 radical (unpaired) electrons. The summed E-state index contributed by atoms with van der Waals surface area (Å²) < 4.78 is 16.8. The van der Waals surface area contributed by atoms with Crippen LogP contribution in [-0.4, -0.2) is 37.2 Å². The number of allylic oxidation sites excluding steroid dienone is 8. The van der Waals surface area contributed by atoms with Gasteiger partial charge in [0.25, 0.3) is 0 Å². The molecule has 0 aliphatic rings. The molecule has 6 nitrogen and oxygen atoms in total. The van der Waals surface area contributed by atoms with Crippen molar-refractivity contribution >= 4 is 17.9 Å². The number of carbonyl (C=O) groups excluding carboxylic acids is 3. The molecule has 0 fully saturated rings. The maximum absolute atomic E-state index is 12.8. The largest absolute Gasteiger partial charge is 0.462 e. The number of ether oxygens (including phenoxy) is 3. The normalized spacial score (nSPS) is 12.4. The van der Waals surface area contributed by atoms with Crippen molar-refractivity contribution in [1.82, 2.24) is 0 Å². The van der Waals surface area contributed by atoms with Gasteiger partial charge in [0.2, 0.25) is 0 Å². The summed E-state index contributed by atoms with van der Waals surface area (Å²) in [6.07, 6.45) is 65.2. The minimum Gasteiger partial charge on any atom is -0.462 e. The number of hydrogen-bond acceptors (Lipinski definition) is 6. The fourth-order valence-electron chi connectivity index (χ4n) is 7.99. The molecule has 0 saturated carbocycles. The molecule has 0 aromatic carbocycles. The highest BCUT2D eigenvalue weighted by atomic mass is 16.6. The van der Waals surface area contributed by atoms with Crippen LogP contribution < -0.4 is 0 Å². The van der Waals surface area contributed by atoms with E-state index in [0.29, 0.717) is 19.3 Å². The summed E-state index contributed by atoms with van der Waals surface area (Å²) in [6.45, 7) is 6.59. The van der Waals surface area contributed by atoms with Crippen LogP contribution in [0.4, 0.5) is 0 Å². The first-order valence-corrected chi connectivity index (χ1v) is 28.1. The van der Waals surface area contributed by atoms with E-state index in [1.165, 1.54) is 167 Å². The third kappa shape index (κ3) is 52.2. The zero-order chi connectivity index (χ0) is 47.2. The molecule has 0 aromatic heterocycles. The van der Waals surface area contributed by atoms with Crippen molar-refractivity contribution in [1.29, 1.82) is 0 Å². The summed E-state index contributed by atoms with van der Waals surface area (Å²) in [5, 5.41) is 0. The molecule has 0 unspecified atom stereocenters. The first-order valence-electron chi connectivity index (χ1n) is 28.1. The molecule has 0 aliphatic heterocycles. The fraction of sp³-hybridized carbons (Fsp3) is 0.814. The predicted octanol–water partition coefficient (Wildman–Crippen LogP) is 18.7. The molecule has 0 heterocycles. The van der Waals surface area contributed by atoms with Gasteiger partial charge in [0, 0.05) is 19.3 Å². The first kappa shape index (κ1) is 62.4. The molecule has 6 heteroatoms. The van der Waals surface area contributed by atoms with Gasteiger partial charge in [-0.05, 0) is 103 Å². The number of hydrogen-bond donors (Lipinski definition) is 0. The van der Waals surface area contributed by atoms with Crippen molar-refractivity contribution in [3.8, 4) is 0 Å². The summed E-state index contributed by atoms with van der Waals surface area (Å²) in [4.78, 5) is 38.1. The SMILES string of the molecule is CCCCC/C=C\C/C=C\CCCCCCCCCCCC(=O)OC[C@@H](COC(=O)CCCCCCC/C=C\CCCCC)OC(=O)CCCCCCC/C=C\CCCCCCCCC. The average molecular weight is 911 g/mol. The molecule has 0 N–H and O–H groups in total. The highest BCUT2D eigenvalue weighted by molar-refractivity contribution is 5.71. The average Bonchev–Trinajstić information content (AvgIpc) is 3.30. The van der Waals surface area contributed by atoms with E-state index in [9.17, 15) is 14.4 Å². The highest BCUT2D eigenvalue weighted by Gasteiger charge is 2.19. The Hall–Kier alpha value is -2.63. The van der Waals surface area contributed by atoms with Crippen LogP contribution >= 0.6 is 0 Å². The topological polar surface area (TPSA) is 78.9 Å². The number of unbranched alkanes of at least 4 members (excludes halogenated alkanes) is 32. The fourth-order valence-corrected chi connectivity index (χ4v) is 7.99. The number of carbonyl (C=O) groups is 3. The lowest BCUT2D eigenvalue weighted by molar-refractivity contribution is -0.167. The van der Waals surface area contributed by atoms with Crippen LogP contribution in [0.3, 0.4) is 0 Å². The van der Waals surface area contributed by atoms with Crippen LogP contribution in [0.2, 0.25) is 0 Å². The molecular formula is C59H106O6. The van der Waals surface area contributed by atoms with E-state index < -0.39 is 6.10 Å². The van der Waals surface area contributed by atoms with Gasteiger partial charge in [0.1, 0.15) is 13.2 Å². The summed E-state index contributed by atoms with van der Waals surface area (Å²) >= 11 is 0. The zero-order valence-electron chi connectivity index (χ0n) is 43.3. The minimum atomic E-state index is -0.781. The van der Waals surface area contributed by atoms with Crippen molar-refractivity contribution in [3.63, 3.8) is 0 Å². The highest BCUT2D eigenvalue weighted by Crippen LogP contribution is 2.15. The molecule has 0 aliphatic carbocycles. The number of rotatable bonds is 51. The summed E-state index contributed by atoms with van der Waals surface area (Å²) in [5.41, 5.74) is 0. The Bertz CT molecular complexity index is 1140. The van der Waals surface area contributed by atoms with Crippen molar-refractivity contribution in [2.24, 2.45) is 0 Å². The van der Waals surface area contributed by atoms with E-state index >= 15 is 0 Å². The minimum absolute atomic E-state index is 0.0800. The molecule has 1 atom stereocenters. The zero-order valence-corrected chi connectivity index (χ0v) is 43.3. The van der Waals surface area contributed by atoms with Crippen molar-refractivity contribution < 1.29 is 28.6 Å². The maximum atomic E-state index is 12.8. The third-order valence-corrected chi connectivity index (χ3v) is 12.3. The van der Waals surface area contributed by atoms with Crippen LogP contribution in [0.1, 0.15) is 290 Å². The lowest BCUT2D eigenvalue weighted by Crippen LogP contribution is -2.30. The van der Waals surface area contributed by atoms with E-state index in [1.54, 1.807) is 0 Å². The van der Waals surface area contributed by atoms with Gasteiger partial charge in [-0.15, -0.1) is 0 Å². The summed E-state index contributed by atoms with van der Waals surface area (Å²) in [6, 6.07) is 0. The molecule has 378 valence electrons. The second-order valence-electron chi connectivity index (χ2n) is 18.8. The second-order valence-corrected chi connectivity index (χ2v) is 18.8. The van der Waals surface area contributed by atoms with Crippen molar-refractivity contribution in [2.45, 2.75) is 297 Å². The second kappa shape index (κ2) is 54.0. The number of esters is 3. The smallest absolute Gasteiger partial charge is 0.306 e. The van der Waals surface area contributed by atoms with Gasteiger partial charge in [0.05, 0.1) is 0 Å². The summed E-state index contributed by atoms with van der Waals surface area (Å²) in [7, 11) is 0. The van der Waals surface area contributed by atoms with E-state index in [2.05, 4.69) is 69.4 Å². The molecular weight excluding hydrogens is 805 g/mol. The molecule has 0 bridgehead atoms. The van der Waals surface area contributed by atoms with E-state index in [4.69, 9.17) is 14.2 Å². The van der Waals surface area contributed by atoms with E-state index in [-0.39, 0.29) is 31.1 Å². The van der Waals surface area contributed by atoms with Crippen LogP contribution in [0.5, 0.6) is 0 Å². The van der Waals surface area contributed by atoms with Crippen LogP contribution in [0, 0.1) is 0 Å². The van der Waals surface area contributed by atoms with Gasteiger partial charge in [-0.2, -0.15) is 0 Å². The Kier molecular flexibility index (Phi) is 51.8. The van der Waals surface area contributed by atoms with Crippen molar-refractivity contribution in [2.75, 3.05) is 13.2 Å². The van der Waals surface area contributed by atoms with Crippen LogP contribution in [0.15, 0.2) is 48.6 Å². The van der Waals surface area contributed by atoms with Gasteiger partial charge < -0.3 is 14.2 Å². The Morgan fingerprint density at radius 2 is 0.554 bits per heavy atom. The molecule has 0 saturated heterocycles. The van der Waals surface area contributed by atoms with E-state index in [1.807, 2.05) is 0 Å². The van der Waals surface area contributed by atoms with Crippen LogP contribution in [0.25, 0.3) is 0 Å². The Morgan fingerprint density at radius 1 is 0.308 bits per heavy atom. The van der Waals surface area contributed by atoms with E-state index in [0.717, 1.165) is 83.5 Å². The molecule has 0 spiro atoms. The molecule has 0 amide bonds. The summed E-state index contributed by atoms with van der Waals surface area (Å²) in [5.74, 6) is -0.891. The molecule has 0 rings (SSSR count). The van der Waals surface area contributed by atoms with Gasteiger partial charge in [-0.1, -0.05) is 217 Å². The van der Waals surface area contributed by atoms with Gasteiger partial charge >= 0.3 is 17.9 Å². The monoisotopic (exact) mass is 911 g/mol. The van der Waals surface area contributed by atoms with Crippen LogP contribution in [-0.2, 0) is 28.6 Å². The quantitative estimate of drug-likeness (QED) is 0.0262. The molecule has 0 aromatic rings. The van der Waals surface area contributed by atoms with Gasteiger partial charge in [0.15, 0.2) is 6.10 Å².